The Balaban J connectivity index is 2.60. The average molecular weight is 291 g/mol. The van der Waals surface area contributed by atoms with E-state index in [0.717, 1.165) is 0 Å². The van der Waals surface area contributed by atoms with E-state index in [1.165, 1.54) is 12.1 Å². The van der Waals surface area contributed by atoms with Crippen LogP contribution < -0.4 is 10.1 Å². The van der Waals surface area contributed by atoms with Crippen LogP contribution in [0, 0.1) is 5.41 Å². The molecule has 6 heteroatoms. The van der Waals surface area contributed by atoms with E-state index in [2.05, 4.69) is 10.1 Å². The molecule has 0 fully saturated rings. The van der Waals surface area contributed by atoms with Crippen molar-refractivity contribution in [3.05, 3.63) is 29.8 Å². The van der Waals surface area contributed by atoms with Gasteiger partial charge in [0.2, 0.25) is 0 Å². The van der Waals surface area contributed by atoms with Gasteiger partial charge in [-0.05, 0) is 17.9 Å². The normalized spacial score (nSPS) is 12.5. The Labute approximate surface area is 116 Å². The monoisotopic (exact) mass is 291 g/mol. The number of para-hydroxylation sites is 1. The molecule has 3 nitrogen and oxygen atoms in total. The molecule has 1 rings (SSSR count). The molecule has 0 aliphatic heterocycles. The molecule has 0 spiro atoms. The van der Waals surface area contributed by atoms with Crippen LogP contribution in [0.5, 0.6) is 5.75 Å². The van der Waals surface area contributed by atoms with Gasteiger partial charge in [0.15, 0.2) is 0 Å². The SMILES string of the molecule is CC(C)(CCO)CNCc1ccccc1OC(F)(F)F. The van der Waals surface area contributed by atoms with E-state index >= 15 is 0 Å². The Morgan fingerprint density at radius 2 is 1.85 bits per heavy atom. The number of aliphatic hydroxyl groups is 1. The maximum absolute atomic E-state index is 12.3. The van der Waals surface area contributed by atoms with Crippen LogP contribution in [0.15, 0.2) is 24.3 Å². The van der Waals surface area contributed by atoms with E-state index in [1.54, 1.807) is 12.1 Å². The first-order valence-electron chi connectivity index (χ1n) is 6.39. The summed E-state index contributed by atoms with van der Waals surface area (Å²) in [6.07, 6.45) is -4.06. The second kappa shape index (κ2) is 6.95. The molecule has 0 aromatic heterocycles. The first kappa shape index (κ1) is 16.8. The summed E-state index contributed by atoms with van der Waals surface area (Å²) in [5.41, 5.74) is 0.332. The summed E-state index contributed by atoms with van der Waals surface area (Å²) in [7, 11) is 0. The minimum atomic E-state index is -4.69. The highest BCUT2D eigenvalue weighted by Gasteiger charge is 2.31. The molecule has 20 heavy (non-hydrogen) atoms. The van der Waals surface area contributed by atoms with E-state index in [9.17, 15) is 13.2 Å². The number of nitrogens with one attached hydrogen (secondary N) is 1. The molecule has 0 aliphatic carbocycles. The quantitative estimate of drug-likeness (QED) is 0.811. The van der Waals surface area contributed by atoms with Gasteiger partial charge < -0.3 is 15.2 Å². The third-order valence-corrected chi connectivity index (χ3v) is 2.91. The van der Waals surface area contributed by atoms with Crippen molar-refractivity contribution in [2.45, 2.75) is 33.2 Å². The first-order valence-corrected chi connectivity index (χ1v) is 6.39. The number of hydrogen-bond donors (Lipinski definition) is 2. The first-order chi connectivity index (χ1) is 9.23. The molecule has 1 aromatic rings. The number of aliphatic hydroxyl groups excluding tert-OH is 1. The largest absolute Gasteiger partial charge is 0.573 e. The van der Waals surface area contributed by atoms with Gasteiger partial charge in [-0.2, -0.15) is 0 Å². The fraction of sp³-hybridized carbons (Fsp3) is 0.571. The molecule has 0 unspecified atom stereocenters. The molecule has 0 heterocycles. The lowest BCUT2D eigenvalue weighted by molar-refractivity contribution is -0.274. The minimum absolute atomic E-state index is 0.0858. The van der Waals surface area contributed by atoms with Crippen molar-refractivity contribution in [1.82, 2.24) is 5.32 Å². The highest BCUT2D eigenvalue weighted by atomic mass is 19.4. The Kier molecular flexibility index (Phi) is 5.83. The zero-order valence-corrected chi connectivity index (χ0v) is 11.6. The van der Waals surface area contributed by atoms with Crippen molar-refractivity contribution in [3.8, 4) is 5.75 Å². The predicted molar refractivity (Wildman–Crippen MR) is 70.3 cm³/mol. The maximum atomic E-state index is 12.3. The van der Waals surface area contributed by atoms with Crippen molar-refractivity contribution >= 4 is 0 Å². The van der Waals surface area contributed by atoms with Crippen molar-refractivity contribution in [2.75, 3.05) is 13.2 Å². The van der Waals surface area contributed by atoms with Crippen LogP contribution >= 0.6 is 0 Å². The molecule has 0 bridgehead atoms. The Morgan fingerprint density at radius 3 is 2.45 bits per heavy atom. The fourth-order valence-electron chi connectivity index (χ4n) is 1.80. The number of rotatable bonds is 7. The van der Waals surface area contributed by atoms with Crippen LogP contribution in [-0.4, -0.2) is 24.6 Å². The van der Waals surface area contributed by atoms with Gasteiger partial charge in [-0.3, -0.25) is 0 Å². The lowest BCUT2D eigenvalue weighted by Gasteiger charge is -2.24. The molecule has 2 N–H and O–H groups in total. The van der Waals surface area contributed by atoms with Crippen LogP contribution in [0.25, 0.3) is 0 Å². The van der Waals surface area contributed by atoms with E-state index in [-0.39, 0.29) is 24.3 Å². The van der Waals surface area contributed by atoms with Gasteiger partial charge in [0.25, 0.3) is 0 Å². The molecule has 0 aliphatic rings. The van der Waals surface area contributed by atoms with Crippen molar-refractivity contribution < 1.29 is 23.0 Å². The zero-order valence-electron chi connectivity index (χ0n) is 11.6. The fourth-order valence-corrected chi connectivity index (χ4v) is 1.80. The highest BCUT2D eigenvalue weighted by Crippen LogP contribution is 2.26. The molecular weight excluding hydrogens is 271 g/mol. The maximum Gasteiger partial charge on any atom is 0.573 e. The van der Waals surface area contributed by atoms with Crippen LogP contribution in [0.3, 0.4) is 0 Å². The van der Waals surface area contributed by atoms with Gasteiger partial charge >= 0.3 is 6.36 Å². The topological polar surface area (TPSA) is 41.5 Å². The van der Waals surface area contributed by atoms with Gasteiger partial charge in [-0.25, -0.2) is 0 Å². The number of hydrogen-bond acceptors (Lipinski definition) is 3. The van der Waals surface area contributed by atoms with Gasteiger partial charge in [-0.15, -0.1) is 13.2 Å². The third kappa shape index (κ3) is 6.25. The average Bonchev–Trinajstić information content (AvgIpc) is 2.29. The standard InChI is InChI=1S/C14H20F3NO2/c1-13(2,7-8-19)10-18-9-11-5-3-4-6-12(11)20-14(15,16)17/h3-6,18-19H,7-10H2,1-2H3. The van der Waals surface area contributed by atoms with E-state index < -0.39 is 6.36 Å². The molecule has 114 valence electrons. The third-order valence-electron chi connectivity index (χ3n) is 2.91. The Morgan fingerprint density at radius 1 is 1.20 bits per heavy atom. The van der Waals surface area contributed by atoms with Crippen molar-refractivity contribution in [2.24, 2.45) is 5.41 Å². The van der Waals surface area contributed by atoms with Gasteiger partial charge in [0.05, 0.1) is 0 Å². The summed E-state index contributed by atoms with van der Waals surface area (Å²) in [5.74, 6) is -0.188. The number of halogens is 3. The van der Waals surface area contributed by atoms with E-state index in [4.69, 9.17) is 5.11 Å². The Bertz CT molecular complexity index is 419. The summed E-state index contributed by atoms with van der Waals surface area (Å²) in [6.45, 7) is 4.92. The minimum Gasteiger partial charge on any atom is -0.405 e. The Hall–Kier alpha value is -1.27. The number of alkyl halides is 3. The summed E-state index contributed by atoms with van der Waals surface area (Å²) in [5, 5.41) is 12.0. The highest BCUT2D eigenvalue weighted by molar-refractivity contribution is 5.33. The van der Waals surface area contributed by atoms with Gasteiger partial charge in [0.1, 0.15) is 5.75 Å². The van der Waals surface area contributed by atoms with Crippen molar-refractivity contribution in [1.29, 1.82) is 0 Å². The molecule has 0 amide bonds. The summed E-state index contributed by atoms with van der Waals surface area (Å²) >= 11 is 0. The van der Waals surface area contributed by atoms with Crippen LogP contribution in [0.2, 0.25) is 0 Å². The van der Waals surface area contributed by atoms with E-state index in [1.807, 2.05) is 13.8 Å². The summed E-state index contributed by atoms with van der Waals surface area (Å²) in [4.78, 5) is 0. The summed E-state index contributed by atoms with van der Waals surface area (Å²) in [6, 6.07) is 6.05. The molecule has 0 radical (unpaired) electrons. The van der Waals surface area contributed by atoms with Crippen LogP contribution in [0.1, 0.15) is 25.8 Å². The smallest absolute Gasteiger partial charge is 0.405 e. The zero-order chi connectivity index (χ0) is 15.2. The van der Waals surface area contributed by atoms with E-state index in [0.29, 0.717) is 18.5 Å². The van der Waals surface area contributed by atoms with Gasteiger partial charge in [0, 0.05) is 25.3 Å². The number of ether oxygens (including phenoxy) is 1. The molecule has 1 aromatic carbocycles. The molecule has 0 atom stereocenters. The van der Waals surface area contributed by atoms with Crippen LogP contribution in [-0.2, 0) is 6.54 Å². The van der Waals surface area contributed by atoms with Crippen LogP contribution in [0.4, 0.5) is 13.2 Å². The number of benzene rings is 1. The predicted octanol–water partition coefficient (Wildman–Crippen LogP) is 3.08. The summed E-state index contributed by atoms with van der Waals surface area (Å²) < 4.78 is 40.8. The van der Waals surface area contributed by atoms with Crippen molar-refractivity contribution in [3.63, 3.8) is 0 Å². The molecular formula is C14H20F3NO2. The lowest BCUT2D eigenvalue weighted by Crippen LogP contribution is -2.30. The second-order valence-electron chi connectivity index (χ2n) is 5.40. The van der Waals surface area contributed by atoms with Gasteiger partial charge in [-0.1, -0.05) is 32.0 Å². The molecule has 0 saturated heterocycles. The second-order valence-corrected chi connectivity index (χ2v) is 5.40. The lowest BCUT2D eigenvalue weighted by atomic mass is 9.90. The molecule has 0 saturated carbocycles.